The van der Waals surface area contributed by atoms with E-state index in [4.69, 9.17) is 9.47 Å². The third-order valence-corrected chi connectivity index (χ3v) is 4.00. The molecule has 3 rings (SSSR count). The quantitative estimate of drug-likeness (QED) is 0.821. The van der Waals surface area contributed by atoms with Crippen LogP contribution in [0.2, 0.25) is 0 Å². The zero-order valence-corrected chi connectivity index (χ0v) is 12.1. The molecule has 2 fully saturated rings. The molecule has 0 aromatic carbocycles. The highest BCUT2D eigenvalue weighted by Gasteiger charge is 2.33. The van der Waals surface area contributed by atoms with Gasteiger partial charge in [-0.1, -0.05) is 0 Å². The number of rotatable bonds is 6. The van der Waals surface area contributed by atoms with Gasteiger partial charge in [-0.05, 0) is 25.0 Å². The number of methoxy groups -OCH3 is 2. The zero-order chi connectivity index (χ0) is 13.9. The molecule has 20 heavy (non-hydrogen) atoms. The molecule has 1 N–H and O–H groups in total. The molecule has 6 nitrogen and oxygen atoms in total. The van der Waals surface area contributed by atoms with Crippen molar-refractivity contribution in [2.75, 3.05) is 32.2 Å². The van der Waals surface area contributed by atoms with Gasteiger partial charge in [0, 0.05) is 39.9 Å². The fourth-order valence-corrected chi connectivity index (χ4v) is 2.54. The summed E-state index contributed by atoms with van der Waals surface area (Å²) in [7, 11) is 3.44. The van der Waals surface area contributed by atoms with E-state index in [2.05, 4.69) is 20.4 Å². The van der Waals surface area contributed by atoms with E-state index in [1.807, 2.05) is 12.1 Å². The Balaban J connectivity index is 1.59. The van der Waals surface area contributed by atoms with Crippen molar-refractivity contribution in [3.05, 3.63) is 17.8 Å². The topological polar surface area (TPSA) is 59.5 Å². The molecule has 2 unspecified atom stereocenters. The average molecular weight is 278 g/mol. The lowest BCUT2D eigenvalue weighted by atomic mass is 10.3. The Bertz CT molecular complexity index is 423. The molecule has 1 aromatic rings. The van der Waals surface area contributed by atoms with Crippen LogP contribution in [0.15, 0.2) is 12.1 Å². The van der Waals surface area contributed by atoms with Crippen LogP contribution in [-0.4, -0.2) is 55.8 Å². The Labute approximate surface area is 119 Å². The Hall–Kier alpha value is -1.24. The fraction of sp³-hybridized carbons (Fsp3) is 0.714. The third-order valence-electron chi connectivity index (χ3n) is 4.00. The second kappa shape index (κ2) is 6.03. The molecule has 110 valence electrons. The number of ether oxygens (including phenoxy) is 2. The van der Waals surface area contributed by atoms with E-state index in [1.165, 1.54) is 12.8 Å². The summed E-state index contributed by atoms with van der Waals surface area (Å²) >= 11 is 0. The van der Waals surface area contributed by atoms with E-state index in [1.54, 1.807) is 14.2 Å². The predicted octanol–water partition coefficient (Wildman–Crippen LogP) is 0.579. The molecule has 1 aromatic heterocycles. The van der Waals surface area contributed by atoms with Crippen LogP contribution in [0.5, 0.6) is 0 Å². The van der Waals surface area contributed by atoms with E-state index in [0.29, 0.717) is 6.04 Å². The van der Waals surface area contributed by atoms with Gasteiger partial charge in [-0.3, -0.25) is 0 Å². The molecule has 2 heterocycles. The van der Waals surface area contributed by atoms with Crippen LogP contribution in [-0.2, 0) is 16.0 Å². The summed E-state index contributed by atoms with van der Waals surface area (Å²) in [6.45, 7) is 2.39. The van der Waals surface area contributed by atoms with E-state index in [0.717, 1.165) is 31.1 Å². The lowest BCUT2D eigenvalue weighted by Gasteiger charge is -2.16. The lowest BCUT2D eigenvalue weighted by molar-refractivity contribution is -0.00461. The maximum absolute atomic E-state index is 5.44. The second-order valence-corrected chi connectivity index (χ2v) is 5.49. The molecule has 0 amide bonds. The smallest absolute Gasteiger partial charge is 0.151 e. The second-order valence-electron chi connectivity index (χ2n) is 5.49. The molecule has 0 radical (unpaired) electrons. The van der Waals surface area contributed by atoms with Crippen molar-refractivity contribution in [3.63, 3.8) is 0 Å². The summed E-state index contributed by atoms with van der Waals surface area (Å²) in [6, 6.07) is 4.77. The number of hydrogen-bond donors (Lipinski definition) is 1. The van der Waals surface area contributed by atoms with Crippen LogP contribution < -0.4 is 10.2 Å². The van der Waals surface area contributed by atoms with Gasteiger partial charge in [0.25, 0.3) is 0 Å². The predicted molar refractivity (Wildman–Crippen MR) is 75.7 cm³/mol. The van der Waals surface area contributed by atoms with E-state index < -0.39 is 0 Å². The Kier molecular flexibility index (Phi) is 4.14. The minimum atomic E-state index is 0.0954. The number of nitrogens with one attached hydrogen (secondary N) is 1. The minimum absolute atomic E-state index is 0.0954. The Morgan fingerprint density at radius 2 is 1.85 bits per heavy atom. The minimum Gasteiger partial charge on any atom is -0.377 e. The Morgan fingerprint density at radius 3 is 2.35 bits per heavy atom. The van der Waals surface area contributed by atoms with E-state index in [-0.39, 0.29) is 12.2 Å². The van der Waals surface area contributed by atoms with Gasteiger partial charge in [0.05, 0.1) is 5.69 Å². The first-order valence-corrected chi connectivity index (χ1v) is 7.16. The van der Waals surface area contributed by atoms with Gasteiger partial charge in [0.15, 0.2) is 5.82 Å². The van der Waals surface area contributed by atoms with Crippen molar-refractivity contribution in [1.29, 1.82) is 0 Å². The highest BCUT2D eigenvalue weighted by Crippen LogP contribution is 2.22. The van der Waals surface area contributed by atoms with Gasteiger partial charge in [0.1, 0.15) is 12.2 Å². The average Bonchev–Trinajstić information content (AvgIpc) is 3.23. The third kappa shape index (κ3) is 3.08. The fourth-order valence-electron chi connectivity index (χ4n) is 2.54. The maximum Gasteiger partial charge on any atom is 0.151 e. The number of aromatic nitrogens is 2. The monoisotopic (exact) mass is 278 g/mol. The van der Waals surface area contributed by atoms with Crippen molar-refractivity contribution >= 4 is 5.82 Å². The molecule has 1 aliphatic carbocycles. The number of hydrogen-bond acceptors (Lipinski definition) is 6. The normalized spacial score (nSPS) is 26.2. The molecule has 0 spiro atoms. The standard InChI is InChI=1S/C14H22N4O2/c1-19-12-8-18(9-13(12)20-2)14-6-5-11(16-17-14)7-15-10-3-4-10/h5-6,10,12-13,15H,3-4,7-9H2,1-2H3. The molecule has 1 saturated carbocycles. The summed E-state index contributed by atoms with van der Waals surface area (Å²) in [4.78, 5) is 2.16. The largest absolute Gasteiger partial charge is 0.377 e. The SMILES string of the molecule is COC1CN(c2ccc(CNC3CC3)nn2)CC1OC. The molecule has 2 aliphatic rings. The van der Waals surface area contributed by atoms with E-state index in [9.17, 15) is 0 Å². The summed E-state index contributed by atoms with van der Waals surface area (Å²) in [5, 5.41) is 12.0. The maximum atomic E-state index is 5.44. The number of nitrogens with zero attached hydrogens (tertiary/aromatic N) is 3. The molecule has 6 heteroatoms. The van der Waals surface area contributed by atoms with Gasteiger partial charge < -0.3 is 19.7 Å². The highest BCUT2D eigenvalue weighted by atomic mass is 16.5. The molecular weight excluding hydrogens is 256 g/mol. The van der Waals surface area contributed by atoms with Gasteiger partial charge in [-0.15, -0.1) is 5.10 Å². The van der Waals surface area contributed by atoms with Gasteiger partial charge in [0.2, 0.25) is 0 Å². The highest BCUT2D eigenvalue weighted by molar-refractivity contribution is 5.39. The first kappa shape index (κ1) is 13.7. The summed E-state index contributed by atoms with van der Waals surface area (Å²) in [5.41, 5.74) is 0.992. The Morgan fingerprint density at radius 1 is 1.15 bits per heavy atom. The summed E-state index contributed by atoms with van der Waals surface area (Å²) < 4.78 is 10.9. The van der Waals surface area contributed by atoms with Crippen LogP contribution in [0.4, 0.5) is 5.82 Å². The van der Waals surface area contributed by atoms with E-state index >= 15 is 0 Å². The van der Waals surface area contributed by atoms with Crippen LogP contribution in [0, 0.1) is 0 Å². The first-order chi connectivity index (χ1) is 9.80. The molecule has 2 atom stereocenters. The van der Waals surface area contributed by atoms with Crippen molar-refractivity contribution in [1.82, 2.24) is 15.5 Å². The van der Waals surface area contributed by atoms with Crippen molar-refractivity contribution in [2.45, 2.75) is 37.6 Å². The van der Waals surface area contributed by atoms with Crippen LogP contribution in [0.25, 0.3) is 0 Å². The van der Waals surface area contributed by atoms with Gasteiger partial charge >= 0.3 is 0 Å². The summed E-state index contributed by atoms with van der Waals surface area (Å²) in [5.74, 6) is 0.891. The summed E-state index contributed by atoms with van der Waals surface area (Å²) in [6.07, 6.45) is 2.77. The van der Waals surface area contributed by atoms with Crippen LogP contribution in [0.3, 0.4) is 0 Å². The lowest BCUT2D eigenvalue weighted by Crippen LogP contribution is -2.27. The van der Waals surface area contributed by atoms with Crippen molar-refractivity contribution in [3.8, 4) is 0 Å². The molecular formula is C14H22N4O2. The molecule has 0 bridgehead atoms. The number of anilines is 1. The zero-order valence-electron chi connectivity index (χ0n) is 12.1. The van der Waals surface area contributed by atoms with Crippen molar-refractivity contribution in [2.24, 2.45) is 0 Å². The molecule has 1 saturated heterocycles. The van der Waals surface area contributed by atoms with Gasteiger partial charge in [-0.25, -0.2) is 0 Å². The van der Waals surface area contributed by atoms with Crippen LogP contribution in [0.1, 0.15) is 18.5 Å². The van der Waals surface area contributed by atoms with Crippen molar-refractivity contribution < 1.29 is 9.47 Å². The molecule has 1 aliphatic heterocycles. The first-order valence-electron chi connectivity index (χ1n) is 7.16. The van der Waals surface area contributed by atoms with Crippen LogP contribution >= 0.6 is 0 Å². The van der Waals surface area contributed by atoms with Gasteiger partial charge in [-0.2, -0.15) is 5.10 Å².